The molecule has 0 amide bonds. The highest BCUT2D eigenvalue weighted by Crippen LogP contribution is 2.07. The van der Waals surface area contributed by atoms with Crippen LogP contribution in [0.4, 0.5) is 0 Å². The first-order valence-electron chi connectivity index (χ1n) is 6.70. The van der Waals surface area contributed by atoms with Gasteiger partial charge in [0.25, 0.3) is 0 Å². The first-order valence-corrected chi connectivity index (χ1v) is 6.70. The van der Waals surface area contributed by atoms with E-state index in [1.807, 2.05) is 0 Å². The number of hydrogen-bond acceptors (Lipinski definition) is 4. The Hall–Kier alpha value is -0.900. The van der Waals surface area contributed by atoms with Gasteiger partial charge in [0.15, 0.2) is 5.82 Å². The Kier molecular flexibility index (Phi) is 6.19. The lowest BCUT2D eigenvalue weighted by molar-refractivity contribution is 0.349. The largest absolute Gasteiger partial charge is 0.339 e. The third kappa shape index (κ3) is 5.31. The van der Waals surface area contributed by atoms with Gasteiger partial charge in [0.2, 0.25) is 5.89 Å². The lowest BCUT2D eigenvalue weighted by Gasteiger charge is -2.13. The van der Waals surface area contributed by atoms with Crippen molar-refractivity contribution in [1.29, 1.82) is 0 Å². The van der Waals surface area contributed by atoms with E-state index in [1.54, 1.807) is 0 Å². The summed E-state index contributed by atoms with van der Waals surface area (Å²) in [7, 11) is 0. The monoisotopic (exact) mass is 239 g/mol. The van der Waals surface area contributed by atoms with Crippen LogP contribution in [0.5, 0.6) is 0 Å². The molecule has 1 aromatic heterocycles. The second kappa shape index (κ2) is 7.43. The second-order valence-electron chi connectivity index (χ2n) is 4.97. The zero-order valence-corrected chi connectivity index (χ0v) is 11.5. The molecular weight excluding hydrogens is 214 g/mol. The molecular formula is C13H25N3O. The van der Waals surface area contributed by atoms with Crippen LogP contribution in [-0.4, -0.2) is 22.7 Å². The van der Waals surface area contributed by atoms with Crippen molar-refractivity contribution in [2.24, 2.45) is 5.92 Å². The van der Waals surface area contributed by atoms with Gasteiger partial charge in [0.05, 0.1) is 0 Å². The molecule has 1 aromatic rings. The van der Waals surface area contributed by atoms with E-state index in [4.69, 9.17) is 4.52 Å². The Morgan fingerprint density at radius 2 is 2.00 bits per heavy atom. The van der Waals surface area contributed by atoms with Crippen molar-refractivity contribution in [2.75, 3.05) is 6.54 Å². The van der Waals surface area contributed by atoms with Crippen LogP contribution in [0.25, 0.3) is 0 Å². The molecule has 0 radical (unpaired) electrons. The Morgan fingerprint density at radius 1 is 1.24 bits per heavy atom. The average molecular weight is 239 g/mol. The quantitative estimate of drug-likeness (QED) is 0.757. The minimum Gasteiger partial charge on any atom is -0.339 e. The van der Waals surface area contributed by atoms with Gasteiger partial charge in [-0.05, 0) is 25.3 Å². The number of nitrogens with zero attached hydrogens (tertiary/aromatic N) is 2. The summed E-state index contributed by atoms with van der Waals surface area (Å²) in [4.78, 5) is 4.43. The van der Waals surface area contributed by atoms with Crippen LogP contribution in [0.3, 0.4) is 0 Å². The topological polar surface area (TPSA) is 51.0 Å². The molecule has 4 heteroatoms. The number of rotatable bonds is 8. The number of nitrogens with one attached hydrogen (secondary N) is 1. The molecule has 1 rings (SSSR count). The van der Waals surface area contributed by atoms with Crippen LogP contribution in [0, 0.1) is 5.92 Å². The normalized spacial score (nSPS) is 13.2. The third-order valence-electron chi connectivity index (χ3n) is 2.70. The van der Waals surface area contributed by atoms with E-state index >= 15 is 0 Å². The minimum atomic E-state index is 0.447. The standard InChI is InChI=1S/C13H25N3O/c1-5-7-14-11(6-2)9-13-15-12(16-17-13)8-10(3)4/h10-11,14H,5-9H2,1-4H3. The molecule has 98 valence electrons. The van der Waals surface area contributed by atoms with Gasteiger partial charge in [-0.3, -0.25) is 0 Å². The van der Waals surface area contributed by atoms with Crippen molar-refractivity contribution >= 4 is 0 Å². The number of hydrogen-bond donors (Lipinski definition) is 1. The molecule has 0 saturated carbocycles. The van der Waals surface area contributed by atoms with E-state index < -0.39 is 0 Å². The van der Waals surface area contributed by atoms with E-state index in [9.17, 15) is 0 Å². The highest BCUT2D eigenvalue weighted by Gasteiger charge is 2.13. The minimum absolute atomic E-state index is 0.447. The van der Waals surface area contributed by atoms with E-state index in [0.717, 1.165) is 43.9 Å². The molecule has 0 aromatic carbocycles. The van der Waals surface area contributed by atoms with Crippen LogP contribution >= 0.6 is 0 Å². The fraction of sp³-hybridized carbons (Fsp3) is 0.846. The molecule has 1 unspecified atom stereocenters. The maximum atomic E-state index is 5.28. The van der Waals surface area contributed by atoms with E-state index in [-0.39, 0.29) is 0 Å². The maximum absolute atomic E-state index is 5.28. The van der Waals surface area contributed by atoms with Crippen molar-refractivity contribution in [2.45, 2.75) is 59.4 Å². The van der Waals surface area contributed by atoms with Crippen molar-refractivity contribution < 1.29 is 4.52 Å². The van der Waals surface area contributed by atoms with Crippen molar-refractivity contribution in [3.05, 3.63) is 11.7 Å². The van der Waals surface area contributed by atoms with Gasteiger partial charge >= 0.3 is 0 Å². The molecule has 1 heterocycles. The summed E-state index contributed by atoms with van der Waals surface area (Å²) in [6.07, 6.45) is 3.96. The van der Waals surface area contributed by atoms with Gasteiger partial charge in [-0.1, -0.05) is 32.9 Å². The van der Waals surface area contributed by atoms with Gasteiger partial charge in [0.1, 0.15) is 0 Å². The molecule has 1 N–H and O–H groups in total. The fourth-order valence-corrected chi connectivity index (χ4v) is 1.74. The first-order chi connectivity index (χ1) is 8.15. The Balaban J connectivity index is 2.46. The highest BCUT2D eigenvalue weighted by molar-refractivity contribution is 4.90. The molecule has 0 bridgehead atoms. The second-order valence-corrected chi connectivity index (χ2v) is 4.97. The van der Waals surface area contributed by atoms with Crippen LogP contribution in [-0.2, 0) is 12.8 Å². The van der Waals surface area contributed by atoms with Crippen LogP contribution < -0.4 is 5.32 Å². The summed E-state index contributed by atoms with van der Waals surface area (Å²) in [6, 6.07) is 0.447. The third-order valence-corrected chi connectivity index (χ3v) is 2.70. The fourth-order valence-electron chi connectivity index (χ4n) is 1.74. The predicted molar refractivity (Wildman–Crippen MR) is 68.9 cm³/mol. The lowest BCUT2D eigenvalue weighted by atomic mass is 10.1. The van der Waals surface area contributed by atoms with Crippen molar-refractivity contribution in [3.8, 4) is 0 Å². The lowest BCUT2D eigenvalue weighted by Crippen LogP contribution is -2.31. The van der Waals surface area contributed by atoms with E-state index in [1.165, 1.54) is 0 Å². The van der Waals surface area contributed by atoms with E-state index in [0.29, 0.717) is 12.0 Å². The van der Waals surface area contributed by atoms with Crippen LogP contribution in [0.15, 0.2) is 4.52 Å². The van der Waals surface area contributed by atoms with Crippen molar-refractivity contribution in [1.82, 2.24) is 15.5 Å². The molecule has 0 spiro atoms. The summed E-state index contributed by atoms with van der Waals surface area (Å²) < 4.78 is 5.28. The molecule has 1 atom stereocenters. The summed E-state index contributed by atoms with van der Waals surface area (Å²) >= 11 is 0. The summed E-state index contributed by atoms with van der Waals surface area (Å²) in [5.41, 5.74) is 0. The first kappa shape index (κ1) is 14.2. The maximum Gasteiger partial charge on any atom is 0.228 e. The predicted octanol–water partition coefficient (Wildman–Crippen LogP) is 2.59. The molecule has 4 nitrogen and oxygen atoms in total. The molecule has 0 fully saturated rings. The molecule has 0 saturated heterocycles. The van der Waals surface area contributed by atoms with Crippen LogP contribution in [0.2, 0.25) is 0 Å². The van der Waals surface area contributed by atoms with Gasteiger partial charge in [-0.15, -0.1) is 0 Å². The SMILES string of the molecule is CCCNC(CC)Cc1nc(CC(C)C)no1. The van der Waals surface area contributed by atoms with Crippen LogP contribution in [0.1, 0.15) is 52.3 Å². The Morgan fingerprint density at radius 3 is 2.59 bits per heavy atom. The molecule has 0 aliphatic rings. The van der Waals surface area contributed by atoms with Gasteiger partial charge < -0.3 is 9.84 Å². The zero-order chi connectivity index (χ0) is 12.7. The van der Waals surface area contributed by atoms with Gasteiger partial charge in [0, 0.05) is 18.9 Å². The van der Waals surface area contributed by atoms with Gasteiger partial charge in [-0.2, -0.15) is 4.98 Å². The van der Waals surface area contributed by atoms with Gasteiger partial charge in [-0.25, -0.2) is 0 Å². The Bertz CT molecular complexity index is 309. The Labute approximate surface area is 104 Å². The zero-order valence-electron chi connectivity index (χ0n) is 11.5. The van der Waals surface area contributed by atoms with Crippen molar-refractivity contribution in [3.63, 3.8) is 0 Å². The molecule has 17 heavy (non-hydrogen) atoms. The van der Waals surface area contributed by atoms with E-state index in [2.05, 4.69) is 43.2 Å². The molecule has 0 aliphatic heterocycles. The number of aromatic nitrogens is 2. The highest BCUT2D eigenvalue weighted by atomic mass is 16.5. The molecule has 0 aliphatic carbocycles. The summed E-state index contributed by atoms with van der Waals surface area (Å²) in [5.74, 6) is 2.16. The average Bonchev–Trinajstić information content (AvgIpc) is 2.70. The summed E-state index contributed by atoms with van der Waals surface area (Å²) in [5, 5.41) is 7.50. The smallest absolute Gasteiger partial charge is 0.228 e. The summed E-state index contributed by atoms with van der Waals surface area (Å²) in [6.45, 7) is 9.72.